The molecule has 2 heterocycles. The molecule has 1 aliphatic rings. The van der Waals surface area contributed by atoms with Crippen molar-refractivity contribution in [2.45, 2.75) is 38.8 Å². The van der Waals surface area contributed by atoms with E-state index in [2.05, 4.69) is 5.32 Å². The summed E-state index contributed by atoms with van der Waals surface area (Å²) in [6.07, 6.45) is 2.43. The maximum absolute atomic E-state index is 11.9. The van der Waals surface area contributed by atoms with Crippen LogP contribution < -0.4 is 5.32 Å². The molecule has 22 heavy (non-hydrogen) atoms. The third-order valence-corrected chi connectivity index (χ3v) is 3.76. The van der Waals surface area contributed by atoms with Crippen LogP contribution in [0.2, 0.25) is 0 Å². The molecule has 0 bridgehead atoms. The van der Waals surface area contributed by atoms with E-state index in [0.717, 1.165) is 12.8 Å². The fourth-order valence-corrected chi connectivity index (χ4v) is 2.46. The molecule has 6 nitrogen and oxygen atoms in total. The number of nitrogens with zero attached hydrogens (tertiary/aromatic N) is 1. The Balaban J connectivity index is 1.65. The van der Waals surface area contributed by atoms with Crippen LogP contribution in [0.3, 0.4) is 0 Å². The molecule has 1 atom stereocenters. The molecule has 2 N–H and O–H groups in total. The van der Waals surface area contributed by atoms with Crippen LogP contribution in [-0.4, -0.2) is 48.4 Å². The van der Waals surface area contributed by atoms with Gasteiger partial charge in [-0.15, -0.1) is 0 Å². The van der Waals surface area contributed by atoms with Crippen molar-refractivity contribution in [2.24, 2.45) is 5.92 Å². The summed E-state index contributed by atoms with van der Waals surface area (Å²) in [6, 6.07) is 3.83. The molecule has 0 aromatic carbocycles. The lowest BCUT2D eigenvalue weighted by molar-refractivity contribution is 0.0796. The average Bonchev–Trinajstić information content (AvgIpc) is 3.05. The van der Waals surface area contributed by atoms with Crippen molar-refractivity contribution in [3.63, 3.8) is 0 Å². The Morgan fingerprint density at radius 2 is 2.23 bits per heavy atom. The zero-order valence-corrected chi connectivity index (χ0v) is 13.3. The molecule has 1 aromatic heterocycles. The van der Waals surface area contributed by atoms with Gasteiger partial charge in [-0.3, -0.25) is 0 Å². The van der Waals surface area contributed by atoms with Gasteiger partial charge in [0.1, 0.15) is 11.9 Å². The maximum atomic E-state index is 11.9. The van der Waals surface area contributed by atoms with Gasteiger partial charge in [-0.2, -0.15) is 0 Å². The maximum Gasteiger partial charge on any atom is 0.409 e. The first-order chi connectivity index (χ1) is 10.6. The summed E-state index contributed by atoms with van der Waals surface area (Å²) in [6.45, 7) is 6.33. The minimum atomic E-state index is -0.635. The highest BCUT2D eigenvalue weighted by molar-refractivity contribution is 5.67. The lowest BCUT2D eigenvalue weighted by atomic mass is 10.1. The molecular weight excluding hydrogens is 284 g/mol. The second kappa shape index (κ2) is 8.19. The summed E-state index contributed by atoms with van der Waals surface area (Å²) in [5, 5.41) is 13.3. The third kappa shape index (κ3) is 5.03. The van der Waals surface area contributed by atoms with Crippen molar-refractivity contribution in [2.75, 3.05) is 26.2 Å². The molecule has 1 fully saturated rings. The van der Waals surface area contributed by atoms with E-state index in [-0.39, 0.29) is 6.09 Å². The van der Waals surface area contributed by atoms with Crippen LogP contribution in [0, 0.1) is 5.92 Å². The molecule has 1 unspecified atom stereocenters. The normalized spacial score (nSPS) is 17.7. The van der Waals surface area contributed by atoms with Crippen LogP contribution in [0.1, 0.15) is 38.6 Å². The van der Waals surface area contributed by atoms with Gasteiger partial charge in [-0.05, 0) is 30.9 Å². The smallest absolute Gasteiger partial charge is 0.409 e. The molecule has 1 aliphatic heterocycles. The molecule has 6 heteroatoms. The number of nitrogens with one attached hydrogen (secondary N) is 1. The predicted octanol–water partition coefficient (Wildman–Crippen LogP) is 2.16. The second-order valence-corrected chi connectivity index (χ2v) is 6.17. The monoisotopic (exact) mass is 310 g/mol. The summed E-state index contributed by atoms with van der Waals surface area (Å²) in [7, 11) is 0. The van der Waals surface area contributed by atoms with Crippen molar-refractivity contribution in [3.05, 3.63) is 24.2 Å². The third-order valence-electron chi connectivity index (χ3n) is 3.76. The lowest BCUT2D eigenvalue weighted by Gasteiger charge is -2.32. The number of rotatable bonds is 6. The van der Waals surface area contributed by atoms with Crippen LogP contribution in [0.4, 0.5) is 4.79 Å². The Bertz CT molecular complexity index is 439. The summed E-state index contributed by atoms with van der Waals surface area (Å²) < 4.78 is 10.4. The fraction of sp³-hybridized carbons (Fsp3) is 0.688. The van der Waals surface area contributed by atoms with Gasteiger partial charge in [-0.25, -0.2) is 4.79 Å². The number of carbonyl (C=O) groups is 1. The summed E-state index contributed by atoms with van der Waals surface area (Å²) in [5.41, 5.74) is 0. The SMILES string of the molecule is CC(C)COC(=O)N1CCC(NCC(O)c2ccco2)CC1. The van der Waals surface area contributed by atoms with Crippen LogP contribution in [0.25, 0.3) is 0 Å². The number of aliphatic hydroxyl groups excluding tert-OH is 1. The van der Waals surface area contributed by atoms with Crippen LogP contribution >= 0.6 is 0 Å². The Morgan fingerprint density at radius 1 is 1.50 bits per heavy atom. The predicted molar refractivity (Wildman–Crippen MR) is 82.5 cm³/mol. The van der Waals surface area contributed by atoms with Crippen LogP contribution in [-0.2, 0) is 4.74 Å². The zero-order valence-electron chi connectivity index (χ0n) is 13.3. The Morgan fingerprint density at radius 3 is 2.82 bits per heavy atom. The van der Waals surface area contributed by atoms with E-state index in [1.807, 2.05) is 13.8 Å². The van der Waals surface area contributed by atoms with Crippen LogP contribution in [0.5, 0.6) is 0 Å². The van der Waals surface area contributed by atoms with E-state index in [9.17, 15) is 9.90 Å². The standard InChI is InChI=1S/C16H26N2O4/c1-12(2)11-22-16(20)18-7-5-13(6-8-18)17-10-14(19)15-4-3-9-21-15/h3-4,9,12-14,17,19H,5-8,10-11H2,1-2H3. The lowest BCUT2D eigenvalue weighted by Crippen LogP contribution is -2.46. The van der Waals surface area contributed by atoms with Crippen molar-refractivity contribution in [3.8, 4) is 0 Å². The highest BCUT2D eigenvalue weighted by Crippen LogP contribution is 2.15. The largest absolute Gasteiger partial charge is 0.467 e. The minimum absolute atomic E-state index is 0.220. The molecule has 0 aliphatic carbocycles. The van der Waals surface area contributed by atoms with Gasteiger partial charge in [0, 0.05) is 25.7 Å². The molecule has 124 valence electrons. The summed E-state index contributed by atoms with van der Waals surface area (Å²) in [4.78, 5) is 13.6. The zero-order chi connectivity index (χ0) is 15.9. The van der Waals surface area contributed by atoms with Gasteiger partial charge in [-0.1, -0.05) is 13.8 Å². The van der Waals surface area contributed by atoms with Gasteiger partial charge in [0.05, 0.1) is 12.9 Å². The van der Waals surface area contributed by atoms with Gasteiger partial charge in [0.25, 0.3) is 0 Å². The molecule has 1 saturated heterocycles. The molecule has 0 spiro atoms. The Labute approximate surface area is 131 Å². The average molecular weight is 310 g/mol. The van der Waals surface area contributed by atoms with Gasteiger partial charge >= 0.3 is 6.09 Å². The summed E-state index contributed by atoms with van der Waals surface area (Å²) >= 11 is 0. The van der Waals surface area contributed by atoms with Crippen molar-refractivity contribution in [1.29, 1.82) is 0 Å². The number of hydrogen-bond acceptors (Lipinski definition) is 5. The Hall–Kier alpha value is -1.53. The minimum Gasteiger partial charge on any atom is -0.467 e. The second-order valence-electron chi connectivity index (χ2n) is 6.17. The molecule has 1 aromatic rings. The topological polar surface area (TPSA) is 74.9 Å². The van der Waals surface area contributed by atoms with E-state index < -0.39 is 6.10 Å². The van der Waals surface area contributed by atoms with Gasteiger partial charge in [0.2, 0.25) is 0 Å². The number of hydrogen-bond donors (Lipinski definition) is 2. The van der Waals surface area contributed by atoms with Crippen LogP contribution in [0.15, 0.2) is 22.8 Å². The van der Waals surface area contributed by atoms with E-state index in [4.69, 9.17) is 9.15 Å². The first-order valence-corrected chi connectivity index (χ1v) is 7.92. The van der Waals surface area contributed by atoms with Crippen molar-refractivity contribution >= 4 is 6.09 Å². The number of amides is 1. The van der Waals surface area contributed by atoms with Crippen molar-refractivity contribution < 1.29 is 19.1 Å². The first-order valence-electron chi connectivity index (χ1n) is 7.92. The van der Waals surface area contributed by atoms with E-state index in [1.165, 1.54) is 0 Å². The number of piperidine rings is 1. The molecular formula is C16H26N2O4. The highest BCUT2D eigenvalue weighted by Gasteiger charge is 2.24. The van der Waals surface area contributed by atoms with E-state index in [0.29, 0.717) is 44.0 Å². The number of aliphatic hydroxyl groups is 1. The molecule has 1 amide bonds. The molecule has 2 rings (SSSR count). The van der Waals surface area contributed by atoms with Gasteiger partial charge < -0.3 is 24.5 Å². The number of furan rings is 1. The summed E-state index contributed by atoms with van der Waals surface area (Å²) in [5.74, 6) is 0.924. The highest BCUT2D eigenvalue weighted by atomic mass is 16.6. The number of likely N-dealkylation sites (tertiary alicyclic amines) is 1. The van der Waals surface area contributed by atoms with Crippen molar-refractivity contribution in [1.82, 2.24) is 10.2 Å². The van der Waals surface area contributed by atoms with E-state index in [1.54, 1.807) is 23.3 Å². The fourth-order valence-electron chi connectivity index (χ4n) is 2.46. The quantitative estimate of drug-likeness (QED) is 0.842. The molecule has 0 radical (unpaired) electrons. The Kier molecular flexibility index (Phi) is 6.27. The number of carbonyl (C=O) groups excluding carboxylic acids is 1. The van der Waals surface area contributed by atoms with E-state index >= 15 is 0 Å². The first kappa shape index (κ1) is 16.8. The van der Waals surface area contributed by atoms with Gasteiger partial charge in [0.15, 0.2) is 0 Å². The number of ether oxygens (including phenoxy) is 1. The molecule has 0 saturated carbocycles.